The minimum absolute atomic E-state index is 0.156. The summed E-state index contributed by atoms with van der Waals surface area (Å²) in [5.74, 6) is 0. The smallest absolute Gasteiger partial charge is 0.117 e. The maximum Gasteiger partial charge on any atom is 0.117 e. The Kier molecular flexibility index (Phi) is 2.98. The molecule has 2 aliphatic rings. The molecule has 0 radical (unpaired) electrons. The Morgan fingerprint density at radius 2 is 1.50 bits per heavy atom. The van der Waals surface area contributed by atoms with Crippen molar-refractivity contribution in [3.63, 3.8) is 0 Å². The van der Waals surface area contributed by atoms with E-state index in [-0.39, 0.29) is 5.60 Å². The fourth-order valence-corrected chi connectivity index (χ4v) is 4.52. The van der Waals surface area contributed by atoms with E-state index in [2.05, 4.69) is 63.5 Å². The SMILES string of the molecule is CC1(C)CC(C)(C)CC2(C=C(c3ccccc3)NO2)C1. The Bertz CT molecular complexity index is 512. The second kappa shape index (κ2) is 4.36. The van der Waals surface area contributed by atoms with E-state index in [1.165, 1.54) is 12.0 Å². The molecule has 1 aromatic rings. The molecule has 3 rings (SSSR count). The van der Waals surface area contributed by atoms with Gasteiger partial charge in [-0.05, 0) is 41.7 Å². The Morgan fingerprint density at radius 3 is 2.10 bits per heavy atom. The molecule has 1 aliphatic carbocycles. The lowest BCUT2D eigenvalue weighted by Crippen LogP contribution is -2.46. The van der Waals surface area contributed by atoms with Gasteiger partial charge in [0.05, 0.1) is 5.70 Å². The van der Waals surface area contributed by atoms with Crippen molar-refractivity contribution in [3.8, 4) is 0 Å². The molecule has 0 aromatic heterocycles. The molecule has 1 heterocycles. The van der Waals surface area contributed by atoms with E-state index in [0.29, 0.717) is 10.8 Å². The number of hydroxylamine groups is 1. The predicted octanol–water partition coefficient (Wildman–Crippen LogP) is 4.54. The minimum Gasteiger partial charge on any atom is -0.266 e. The van der Waals surface area contributed by atoms with Gasteiger partial charge >= 0.3 is 0 Å². The van der Waals surface area contributed by atoms with Crippen LogP contribution in [0.2, 0.25) is 0 Å². The van der Waals surface area contributed by atoms with Crippen molar-refractivity contribution in [2.45, 2.75) is 52.6 Å². The second-order valence-corrected chi connectivity index (χ2v) is 8.05. The first kappa shape index (κ1) is 13.7. The van der Waals surface area contributed by atoms with Crippen LogP contribution in [0.5, 0.6) is 0 Å². The molecule has 20 heavy (non-hydrogen) atoms. The zero-order chi connectivity index (χ0) is 14.4. The van der Waals surface area contributed by atoms with Crippen molar-refractivity contribution in [1.82, 2.24) is 5.48 Å². The van der Waals surface area contributed by atoms with Gasteiger partial charge in [-0.15, -0.1) is 0 Å². The lowest BCUT2D eigenvalue weighted by molar-refractivity contribution is -0.114. The van der Waals surface area contributed by atoms with Crippen molar-refractivity contribution >= 4 is 5.70 Å². The topological polar surface area (TPSA) is 21.3 Å². The van der Waals surface area contributed by atoms with Gasteiger partial charge in [0, 0.05) is 0 Å². The highest BCUT2D eigenvalue weighted by atomic mass is 16.7. The number of hydrogen-bond acceptors (Lipinski definition) is 2. The van der Waals surface area contributed by atoms with E-state index in [4.69, 9.17) is 4.84 Å². The van der Waals surface area contributed by atoms with Crippen LogP contribution in [0.15, 0.2) is 36.4 Å². The number of nitrogens with one attached hydrogen (secondary N) is 1. The van der Waals surface area contributed by atoms with E-state index in [1.54, 1.807) is 0 Å². The number of benzene rings is 1. The van der Waals surface area contributed by atoms with Crippen LogP contribution in [0.25, 0.3) is 5.70 Å². The van der Waals surface area contributed by atoms with Gasteiger partial charge in [0.2, 0.25) is 0 Å². The summed E-state index contributed by atoms with van der Waals surface area (Å²) in [7, 11) is 0. The van der Waals surface area contributed by atoms with Gasteiger partial charge in [0.1, 0.15) is 5.60 Å². The predicted molar refractivity (Wildman–Crippen MR) is 82.8 cm³/mol. The summed E-state index contributed by atoms with van der Waals surface area (Å²) in [6, 6.07) is 10.4. The molecule has 1 aromatic carbocycles. The third kappa shape index (κ3) is 2.62. The van der Waals surface area contributed by atoms with Crippen LogP contribution in [-0.4, -0.2) is 5.60 Å². The lowest BCUT2D eigenvalue weighted by Gasteiger charge is -2.48. The van der Waals surface area contributed by atoms with Crippen LogP contribution in [0.1, 0.15) is 52.5 Å². The third-order valence-electron chi connectivity index (χ3n) is 4.37. The monoisotopic (exact) mass is 271 g/mol. The van der Waals surface area contributed by atoms with Gasteiger partial charge in [-0.2, -0.15) is 0 Å². The number of hydrogen-bond donors (Lipinski definition) is 1. The summed E-state index contributed by atoms with van der Waals surface area (Å²) in [5, 5.41) is 0. The Hall–Kier alpha value is -1.28. The highest BCUT2D eigenvalue weighted by Crippen LogP contribution is 2.53. The Morgan fingerprint density at radius 1 is 0.900 bits per heavy atom. The first-order chi connectivity index (χ1) is 9.29. The van der Waals surface area contributed by atoms with E-state index in [1.807, 2.05) is 6.07 Å². The maximum atomic E-state index is 6.08. The van der Waals surface area contributed by atoms with Crippen LogP contribution in [0, 0.1) is 10.8 Å². The third-order valence-corrected chi connectivity index (χ3v) is 4.37. The minimum atomic E-state index is -0.156. The van der Waals surface area contributed by atoms with Gasteiger partial charge in [-0.3, -0.25) is 10.3 Å². The van der Waals surface area contributed by atoms with Gasteiger partial charge in [-0.1, -0.05) is 58.0 Å². The molecule has 0 saturated heterocycles. The molecular weight excluding hydrogens is 246 g/mol. The molecule has 1 N–H and O–H groups in total. The quantitative estimate of drug-likeness (QED) is 0.810. The molecule has 0 unspecified atom stereocenters. The largest absolute Gasteiger partial charge is 0.266 e. The van der Waals surface area contributed by atoms with Gasteiger partial charge in [-0.25, -0.2) is 0 Å². The second-order valence-electron chi connectivity index (χ2n) is 8.05. The molecule has 0 amide bonds. The average molecular weight is 271 g/mol. The molecule has 1 aliphatic heterocycles. The van der Waals surface area contributed by atoms with Crippen molar-refractivity contribution < 1.29 is 4.84 Å². The number of rotatable bonds is 1. The van der Waals surface area contributed by atoms with Crippen LogP contribution in [0.3, 0.4) is 0 Å². The van der Waals surface area contributed by atoms with Crippen LogP contribution in [-0.2, 0) is 4.84 Å². The van der Waals surface area contributed by atoms with Crippen molar-refractivity contribution in [1.29, 1.82) is 0 Å². The Labute approximate surface area is 122 Å². The lowest BCUT2D eigenvalue weighted by atomic mass is 9.59. The highest BCUT2D eigenvalue weighted by molar-refractivity contribution is 5.65. The van der Waals surface area contributed by atoms with Gasteiger partial charge in [0.15, 0.2) is 0 Å². The zero-order valence-electron chi connectivity index (χ0n) is 13.0. The molecule has 0 bridgehead atoms. The van der Waals surface area contributed by atoms with Crippen LogP contribution >= 0.6 is 0 Å². The summed E-state index contributed by atoms with van der Waals surface area (Å²) < 4.78 is 0. The van der Waals surface area contributed by atoms with E-state index < -0.39 is 0 Å². The van der Waals surface area contributed by atoms with Gasteiger partial charge < -0.3 is 0 Å². The summed E-state index contributed by atoms with van der Waals surface area (Å²) >= 11 is 0. The maximum absolute atomic E-state index is 6.08. The average Bonchev–Trinajstić information content (AvgIpc) is 2.69. The molecule has 1 fully saturated rings. The summed E-state index contributed by atoms with van der Waals surface area (Å²) in [6.45, 7) is 9.42. The van der Waals surface area contributed by atoms with Crippen molar-refractivity contribution in [2.75, 3.05) is 0 Å². The van der Waals surface area contributed by atoms with Crippen molar-refractivity contribution in [2.24, 2.45) is 10.8 Å². The first-order valence-corrected chi connectivity index (χ1v) is 7.52. The zero-order valence-corrected chi connectivity index (χ0v) is 13.0. The molecule has 2 heteroatoms. The van der Waals surface area contributed by atoms with E-state index >= 15 is 0 Å². The summed E-state index contributed by atoms with van der Waals surface area (Å²) in [6.07, 6.45) is 5.71. The fourth-order valence-electron chi connectivity index (χ4n) is 4.52. The first-order valence-electron chi connectivity index (χ1n) is 7.52. The van der Waals surface area contributed by atoms with Crippen LogP contribution < -0.4 is 5.48 Å². The van der Waals surface area contributed by atoms with Crippen molar-refractivity contribution in [3.05, 3.63) is 42.0 Å². The molecule has 0 atom stereocenters. The summed E-state index contributed by atoms with van der Waals surface area (Å²) in [5.41, 5.74) is 5.95. The van der Waals surface area contributed by atoms with E-state index in [9.17, 15) is 0 Å². The molecule has 2 nitrogen and oxygen atoms in total. The molecule has 1 saturated carbocycles. The molecular formula is C18H25NO. The van der Waals surface area contributed by atoms with Gasteiger partial charge in [0.25, 0.3) is 0 Å². The fraction of sp³-hybridized carbons (Fsp3) is 0.556. The summed E-state index contributed by atoms with van der Waals surface area (Å²) in [4.78, 5) is 6.08. The normalized spacial score (nSPS) is 26.1. The molecule has 108 valence electrons. The van der Waals surface area contributed by atoms with Crippen LogP contribution in [0.4, 0.5) is 0 Å². The molecule has 1 spiro atoms. The standard InChI is InChI=1S/C18H25NO/c1-16(2)11-17(3,4)13-18(12-16)10-15(19-20-18)14-8-6-5-7-9-14/h5-10,19H,11-13H2,1-4H3. The highest BCUT2D eigenvalue weighted by Gasteiger charge is 2.49. The Balaban J connectivity index is 1.92. The van der Waals surface area contributed by atoms with E-state index in [0.717, 1.165) is 18.5 Å².